The number of hydrogen-bond donors (Lipinski definition) is 1. The average Bonchev–Trinajstić information content (AvgIpc) is 3.00. The van der Waals surface area contributed by atoms with Gasteiger partial charge in [-0.25, -0.2) is 9.69 Å². The predicted molar refractivity (Wildman–Crippen MR) is 120 cm³/mol. The highest BCUT2D eigenvalue weighted by atomic mass is 35.5. The van der Waals surface area contributed by atoms with Crippen LogP contribution in [-0.2, 0) is 9.59 Å². The molecule has 1 fully saturated rings. The molecule has 0 saturated carbocycles. The van der Waals surface area contributed by atoms with Crippen molar-refractivity contribution in [2.24, 2.45) is 0 Å². The number of nitrogens with one attached hydrogen (secondary N) is 1. The summed E-state index contributed by atoms with van der Waals surface area (Å²) in [6.45, 7) is 5.90. The predicted octanol–water partition coefficient (Wildman–Crippen LogP) is 4.72. The van der Waals surface area contributed by atoms with Crippen molar-refractivity contribution in [2.45, 2.75) is 20.8 Å². The molecule has 1 aliphatic heterocycles. The van der Waals surface area contributed by atoms with E-state index in [-0.39, 0.29) is 16.3 Å². The van der Waals surface area contributed by atoms with Crippen LogP contribution < -0.4 is 10.2 Å². The molecule has 1 aliphatic rings. The number of aromatic nitrogens is 1. The maximum Gasteiger partial charge on any atom is 0.335 e. The molecule has 0 unspecified atom stereocenters. The number of benzene rings is 2. The molecule has 2 aromatic carbocycles. The Morgan fingerprint density at radius 1 is 0.935 bits per heavy atom. The highest BCUT2D eigenvalue weighted by molar-refractivity contribution is 6.42. The van der Waals surface area contributed by atoms with Gasteiger partial charge in [0.2, 0.25) is 0 Å². The molecule has 0 bridgehead atoms. The first-order valence-corrected chi connectivity index (χ1v) is 10.1. The van der Waals surface area contributed by atoms with Crippen molar-refractivity contribution in [3.05, 3.63) is 87.7 Å². The van der Waals surface area contributed by atoms with Crippen LogP contribution in [-0.4, -0.2) is 22.4 Å². The molecule has 1 aromatic heterocycles. The second-order valence-electron chi connectivity index (χ2n) is 7.41. The molecule has 1 saturated heterocycles. The fraction of sp³-hybridized carbons (Fsp3) is 0.125. The summed E-state index contributed by atoms with van der Waals surface area (Å²) in [7, 11) is 0. The summed E-state index contributed by atoms with van der Waals surface area (Å²) in [6.07, 6.45) is 1.51. The molecule has 0 spiro atoms. The van der Waals surface area contributed by atoms with Crippen LogP contribution in [0, 0.1) is 20.8 Å². The third kappa shape index (κ3) is 3.66. The Morgan fingerprint density at radius 2 is 1.61 bits per heavy atom. The molecule has 31 heavy (non-hydrogen) atoms. The van der Waals surface area contributed by atoms with E-state index in [1.165, 1.54) is 6.08 Å². The van der Waals surface area contributed by atoms with Gasteiger partial charge in [0.1, 0.15) is 5.57 Å². The zero-order valence-corrected chi connectivity index (χ0v) is 18.0. The molecule has 2 heterocycles. The monoisotopic (exact) mass is 433 g/mol. The van der Waals surface area contributed by atoms with E-state index in [9.17, 15) is 14.4 Å². The largest absolute Gasteiger partial charge is 0.335 e. The maximum atomic E-state index is 13.1. The Morgan fingerprint density at radius 3 is 2.29 bits per heavy atom. The van der Waals surface area contributed by atoms with Gasteiger partial charge in [-0.15, -0.1) is 0 Å². The third-order valence-corrected chi connectivity index (χ3v) is 5.58. The molecule has 1 N–H and O–H groups in total. The maximum absolute atomic E-state index is 13.1. The molecular weight excluding hydrogens is 414 g/mol. The summed E-state index contributed by atoms with van der Waals surface area (Å²) in [5.74, 6) is -1.46. The van der Waals surface area contributed by atoms with Gasteiger partial charge in [0.25, 0.3) is 11.8 Å². The molecule has 4 rings (SSSR count). The van der Waals surface area contributed by atoms with Crippen molar-refractivity contribution in [3.8, 4) is 5.69 Å². The van der Waals surface area contributed by atoms with Crippen LogP contribution in [0.4, 0.5) is 10.5 Å². The van der Waals surface area contributed by atoms with Gasteiger partial charge in [0.15, 0.2) is 0 Å². The first-order valence-electron chi connectivity index (χ1n) is 9.70. The van der Waals surface area contributed by atoms with Crippen molar-refractivity contribution in [1.29, 1.82) is 0 Å². The fourth-order valence-electron chi connectivity index (χ4n) is 3.69. The van der Waals surface area contributed by atoms with Gasteiger partial charge in [-0.3, -0.25) is 14.9 Å². The minimum Gasteiger partial charge on any atom is -0.318 e. The van der Waals surface area contributed by atoms with Gasteiger partial charge < -0.3 is 4.57 Å². The zero-order chi connectivity index (χ0) is 22.3. The Bertz CT molecular complexity index is 1260. The Labute approximate surface area is 184 Å². The van der Waals surface area contributed by atoms with Crippen molar-refractivity contribution < 1.29 is 14.4 Å². The molecule has 0 atom stereocenters. The third-order valence-electron chi connectivity index (χ3n) is 5.26. The van der Waals surface area contributed by atoms with Crippen LogP contribution in [0.25, 0.3) is 11.8 Å². The SMILES string of the molecule is Cc1ccc(-n2c(C)cc(C=C3C(=O)NC(=O)N(c4ccccc4Cl)C3=O)c2C)cc1. The number of rotatable bonds is 3. The topological polar surface area (TPSA) is 71.4 Å². The fourth-order valence-corrected chi connectivity index (χ4v) is 3.91. The van der Waals surface area contributed by atoms with Crippen LogP contribution in [0.5, 0.6) is 0 Å². The number of para-hydroxylation sites is 1. The van der Waals surface area contributed by atoms with Gasteiger partial charge >= 0.3 is 6.03 Å². The van der Waals surface area contributed by atoms with Crippen LogP contribution in [0.3, 0.4) is 0 Å². The quantitative estimate of drug-likeness (QED) is 0.479. The van der Waals surface area contributed by atoms with E-state index in [2.05, 4.69) is 5.32 Å². The minimum atomic E-state index is -0.828. The summed E-state index contributed by atoms with van der Waals surface area (Å²) in [5, 5.41) is 2.46. The number of imide groups is 2. The number of amides is 4. The van der Waals surface area contributed by atoms with Crippen molar-refractivity contribution in [1.82, 2.24) is 9.88 Å². The summed E-state index contributed by atoms with van der Waals surface area (Å²) in [4.78, 5) is 38.9. The van der Waals surface area contributed by atoms with Gasteiger partial charge in [-0.05, 0) is 62.7 Å². The van der Waals surface area contributed by atoms with Crippen LogP contribution in [0.1, 0.15) is 22.5 Å². The lowest BCUT2D eigenvalue weighted by Gasteiger charge is -2.27. The van der Waals surface area contributed by atoms with E-state index < -0.39 is 17.8 Å². The molecule has 0 radical (unpaired) electrons. The zero-order valence-electron chi connectivity index (χ0n) is 17.3. The molecule has 3 aromatic rings. The molecule has 4 amide bonds. The number of carbonyl (C=O) groups excluding carboxylic acids is 3. The Hall–Kier alpha value is -3.64. The standard InChI is InChI=1S/C24H20ClN3O3/c1-14-8-10-18(11-9-14)27-15(2)12-17(16(27)3)13-19-22(29)26-24(31)28(23(19)30)21-7-5-4-6-20(21)25/h4-13H,1-3H3,(H,26,29,31). The lowest BCUT2D eigenvalue weighted by atomic mass is 10.1. The molecular formula is C24H20ClN3O3. The second-order valence-corrected chi connectivity index (χ2v) is 7.81. The number of nitrogens with zero attached hydrogens (tertiary/aromatic N) is 2. The van der Waals surface area contributed by atoms with Gasteiger partial charge in [0, 0.05) is 17.1 Å². The summed E-state index contributed by atoms with van der Waals surface area (Å²) in [6, 6.07) is 15.6. The molecule has 7 heteroatoms. The van der Waals surface area contributed by atoms with E-state index in [0.717, 1.165) is 27.5 Å². The number of carbonyl (C=O) groups is 3. The number of aryl methyl sites for hydroxylation is 2. The van der Waals surface area contributed by atoms with Crippen molar-refractivity contribution in [3.63, 3.8) is 0 Å². The van der Waals surface area contributed by atoms with Crippen molar-refractivity contribution in [2.75, 3.05) is 4.90 Å². The smallest absolute Gasteiger partial charge is 0.318 e. The van der Waals surface area contributed by atoms with Gasteiger partial charge in [-0.1, -0.05) is 41.4 Å². The van der Waals surface area contributed by atoms with Gasteiger partial charge in [0.05, 0.1) is 10.7 Å². The lowest BCUT2D eigenvalue weighted by Crippen LogP contribution is -2.54. The normalized spacial score (nSPS) is 15.5. The number of urea groups is 1. The van der Waals surface area contributed by atoms with Crippen LogP contribution >= 0.6 is 11.6 Å². The summed E-state index contributed by atoms with van der Waals surface area (Å²) < 4.78 is 2.05. The number of hydrogen-bond acceptors (Lipinski definition) is 3. The van der Waals surface area contributed by atoms with E-state index in [0.29, 0.717) is 5.56 Å². The average molecular weight is 434 g/mol. The highest BCUT2D eigenvalue weighted by Gasteiger charge is 2.37. The Kier molecular flexibility index (Phi) is 5.25. The second kappa shape index (κ2) is 7.89. The number of halogens is 1. The first-order chi connectivity index (χ1) is 14.8. The van der Waals surface area contributed by atoms with Crippen molar-refractivity contribution >= 4 is 41.2 Å². The summed E-state index contributed by atoms with van der Waals surface area (Å²) in [5.41, 5.74) is 4.76. The van der Waals surface area contributed by atoms with Gasteiger partial charge in [-0.2, -0.15) is 0 Å². The van der Waals surface area contributed by atoms with E-state index in [4.69, 9.17) is 11.6 Å². The first kappa shape index (κ1) is 20.6. The minimum absolute atomic E-state index is 0.135. The summed E-state index contributed by atoms with van der Waals surface area (Å²) >= 11 is 6.18. The van der Waals surface area contributed by atoms with E-state index >= 15 is 0 Å². The molecule has 6 nitrogen and oxygen atoms in total. The number of barbiturate groups is 1. The number of anilines is 1. The van der Waals surface area contributed by atoms with E-state index in [1.807, 2.05) is 55.7 Å². The van der Waals surface area contributed by atoms with E-state index in [1.54, 1.807) is 24.3 Å². The van der Waals surface area contributed by atoms with Crippen LogP contribution in [0.2, 0.25) is 5.02 Å². The lowest BCUT2D eigenvalue weighted by molar-refractivity contribution is -0.122. The highest BCUT2D eigenvalue weighted by Crippen LogP contribution is 2.30. The molecule has 0 aliphatic carbocycles. The Balaban J connectivity index is 1.77. The van der Waals surface area contributed by atoms with Crippen LogP contribution in [0.15, 0.2) is 60.2 Å². The molecule has 156 valence electrons.